The molecular formula is C19H20N4O3. The van der Waals surface area contributed by atoms with Gasteiger partial charge in [-0.2, -0.15) is 5.10 Å². The van der Waals surface area contributed by atoms with Gasteiger partial charge in [-0.15, -0.1) is 0 Å². The molecule has 1 aromatic carbocycles. The van der Waals surface area contributed by atoms with Crippen molar-refractivity contribution in [3.05, 3.63) is 65.9 Å². The number of carbonyl (C=O) groups excluding carboxylic acids is 2. The predicted molar refractivity (Wildman–Crippen MR) is 97.3 cm³/mol. The summed E-state index contributed by atoms with van der Waals surface area (Å²) in [5, 5.41) is 10.0. The van der Waals surface area contributed by atoms with Crippen molar-refractivity contribution in [2.75, 3.05) is 11.9 Å². The number of benzene rings is 1. The number of nitrogens with zero attached hydrogens (tertiary/aromatic N) is 2. The van der Waals surface area contributed by atoms with Gasteiger partial charge in [0.1, 0.15) is 0 Å². The van der Waals surface area contributed by atoms with Crippen LogP contribution < -0.4 is 10.6 Å². The number of hydrogen-bond donors (Lipinski definition) is 2. The van der Waals surface area contributed by atoms with E-state index in [9.17, 15) is 9.59 Å². The molecule has 0 atom stereocenters. The highest BCUT2D eigenvalue weighted by Gasteiger charge is 2.15. The second kappa shape index (κ2) is 7.69. The quantitative estimate of drug-likeness (QED) is 0.714. The van der Waals surface area contributed by atoms with Crippen LogP contribution in [0.5, 0.6) is 0 Å². The van der Waals surface area contributed by atoms with E-state index >= 15 is 0 Å². The van der Waals surface area contributed by atoms with Crippen molar-refractivity contribution in [3.8, 4) is 5.69 Å². The molecule has 7 nitrogen and oxygen atoms in total. The first kappa shape index (κ1) is 17.5. The van der Waals surface area contributed by atoms with Crippen LogP contribution in [0.4, 0.5) is 5.69 Å². The molecule has 0 saturated heterocycles. The van der Waals surface area contributed by atoms with E-state index in [1.165, 1.54) is 6.26 Å². The third-order valence-electron chi connectivity index (χ3n) is 3.94. The number of para-hydroxylation sites is 1. The molecule has 0 fully saturated rings. The Morgan fingerprint density at radius 3 is 2.58 bits per heavy atom. The molecule has 134 valence electrons. The van der Waals surface area contributed by atoms with Crippen LogP contribution in [0.1, 0.15) is 28.4 Å². The molecule has 0 aliphatic carbocycles. The molecule has 3 rings (SSSR count). The van der Waals surface area contributed by atoms with Crippen molar-refractivity contribution in [1.82, 2.24) is 15.1 Å². The summed E-state index contributed by atoms with van der Waals surface area (Å²) in [6, 6.07) is 12.9. The Labute approximate surface area is 151 Å². The van der Waals surface area contributed by atoms with Crippen LogP contribution in [0.15, 0.2) is 53.1 Å². The highest BCUT2D eigenvalue weighted by molar-refractivity contribution is 5.94. The summed E-state index contributed by atoms with van der Waals surface area (Å²) in [5.41, 5.74) is 3.21. The highest BCUT2D eigenvalue weighted by atomic mass is 16.3. The second-order valence-corrected chi connectivity index (χ2v) is 5.82. The Kier molecular flexibility index (Phi) is 5.17. The lowest BCUT2D eigenvalue weighted by Gasteiger charge is -2.07. The fourth-order valence-corrected chi connectivity index (χ4v) is 2.63. The molecule has 0 spiro atoms. The third-order valence-corrected chi connectivity index (χ3v) is 3.94. The summed E-state index contributed by atoms with van der Waals surface area (Å²) >= 11 is 0. The zero-order chi connectivity index (χ0) is 18.5. The van der Waals surface area contributed by atoms with E-state index in [0.717, 1.165) is 17.1 Å². The van der Waals surface area contributed by atoms with Crippen LogP contribution in [0.2, 0.25) is 0 Å². The fourth-order valence-electron chi connectivity index (χ4n) is 2.63. The maximum Gasteiger partial charge on any atom is 0.286 e. The molecule has 0 aliphatic rings. The first-order valence-corrected chi connectivity index (χ1v) is 8.29. The molecule has 2 heterocycles. The molecule has 2 aromatic heterocycles. The number of nitrogens with one attached hydrogen (secondary N) is 2. The minimum absolute atomic E-state index is 0.155. The van der Waals surface area contributed by atoms with Gasteiger partial charge in [-0.1, -0.05) is 18.2 Å². The fraction of sp³-hybridized carbons (Fsp3) is 0.211. The Morgan fingerprint density at radius 1 is 1.12 bits per heavy atom. The number of aromatic nitrogens is 2. The molecule has 3 aromatic rings. The van der Waals surface area contributed by atoms with E-state index in [2.05, 4.69) is 15.7 Å². The van der Waals surface area contributed by atoms with Gasteiger partial charge in [-0.05, 0) is 38.1 Å². The van der Waals surface area contributed by atoms with Gasteiger partial charge >= 0.3 is 0 Å². The van der Waals surface area contributed by atoms with Gasteiger partial charge < -0.3 is 15.1 Å². The Hall–Kier alpha value is -3.35. The Balaban J connectivity index is 1.59. The number of hydrogen-bond acceptors (Lipinski definition) is 4. The largest absolute Gasteiger partial charge is 0.459 e. The van der Waals surface area contributed by atoms with Gasteiger partial charge in [-0.25, -0.2) is 4.68 Å². The molecule has 26 heavy (non-hydrogen) atoms. The van der Waals surface area contributed by atoms with Crippen LogP contribution >= 0.6 is 0 Å². The summed E-state index contributed by atoms with van der Waals surface area (Å²) in [6.45, 7) is 3.97. The van der Waals surface area contributed by atoms with Crippen LogP contribution in [-0.2, 0) is 4.79 Å². The lowest BCUT2D eigenvalue weighted by Crippen LogP contribution is -2.27. The summed E-state index contributed by atoms with van der Waals surface area (Å²) in [4.78, 5) is 24.0. The minimum atomic E-state index is -0.341. The van der Waals surface area contributed by atoms with Crippen molar-refractivity contribution in [1.29, 1.82) is 0 Å². The average molecular weight is 352 g/mol. The van der Waals surface area contributed by atoms with Crippen molar-refractivity contribution in [2.45, 2.75) is 20.3 Å². The van der Waals surface area contributed by atoms with E-state index in [1.54, 1.807) is 16.8 Å². The standard InChI is InChI=1S/C19H20N4O3/c1-13-18(14(2)23(22-13)15-7-4-3-5-8-15)21-17(24)10-11-20-19(25)16-9-6-12-26-16/h3-9,12H,10-11H2,1-2H3,(H,20,25)(H,21,24). The first-order chi connectivity index (χ1) is 12.6. The number of furan rings is 1. The van der Waals surface area contributed by atoms with Crippen LogP contribution in [0.3, 0.4) is 0 Å². The Morgan fingerprint density at radius 2 is 1.88 bits per heavy atom. The van der Waals surface area contributed by atoms with Gasteiger partial charge in [0.25, 0.3) is 5.91 Å². The molecule has 7 heteroatoms. The summed E-state index contributed by atoms with van der Waals surface area (Å²) in [6.07, 6.45) is 1.58. The lowest BCUT2D eigenvalue weighted by molar-refractivity contribution is -0.116. The van der Waals surface area contributed by atoms with Crippen molar-refractivity contribution < 1.29 is 14.0 Å². The molecule has 2 amide bonds. The molecule has 0 unspecified atom stereocenters. The van der Waals surface area contributed by atoms with Gasteiger partial charge in [0.15, 0.2) is 5.76 Å². The SMILES string of the molecule is Cc1nn(-c2ccccc2)c(C)c1NC(=O)CCNC(=O)c1ccco1. The zero-order valence-corrected chi connectivity index (χ0v) is 14.7. The maximum absolute atomic E-state index is 12.2. The van der Waals surface area contributed by atoms with Gasteiger partial charge in [-0.3, -0.25) is 9.59 Å². The number of rotatable bonds is 6. The van der Waals surface area contributed by atoms with Crippen molar-refractivity contribution >= 4 is 17.5 Å². The summed E-state index contributed by atoms with van der Waals surface area (Å²) < 4.78 is 6.80. The average Bonchev–Trinajstić information content (AvgIpc) is 3.27. The van der Waals surface area contributed by atoms with E-state index in [-0.39, 0.29) is 30.5 Å². The van der Waals surface area contributed by atoms with Crippen molar-refractivity contribution in [2.24, 2.45) is 0 Å². The smallest absolute Gasteiger partial charge is 0.286 e. The Bertz CT molecular complexity index is 899. The van der Waals surface area contributed by atoms with E-state index < -0.39 is 0 Å². The summed E-state index contributed by atoms with van der Waals surface area (Å²) in [5.74, 6) is -0.308. The van der Waals surface area contributed by atoms with Gasteiger partial charge in [0, 0.05) is 13.0 Å². The minimum Gasteiger partial charge on any atom is -0.459 e. The third kappa shape index (κ3) is 3.83. The molecule has 0 aliphatic heterocycles. The molecule has 0 saturated carbocycles. The topological polar surface area (TPSA) is 89.2 Å². The van der Waals surface area contributed by atoms with Crippen molar-refractivity contribution in [3.63, 3.8) is 0 Å². The van der Waals surface area contributed by atoms with E-state index in [4.69, 9.17) is 4.42 Å². The highest BCUT2D eigenvalue weighted by Crippen LogP contribution is 2.22. The molecular weight excluding hydrogens is 332 g/mol. The van der Waals surface area contributed by atoms with Crippen LogP contribution in [0.25, 0.3) is 5.69 Å². The molecule has 0 radical (unpaired) electrons. The first-order valence-electron chi connectivity index (χ1n) is 8.29. The van der Waals surface area contributed by atoms with E-state index in [1.807, 2.05) is 44.2 Å². The lowest BCUT2D eigenvalue weighted by atomic mass is 10.2. The predicted octanol–water partition coefficient (Wildman–Crippen LogP) is 2.84. The van der Waals surface area contributed by atoms with Crippen LogP contribution in [0, 0.1) is 13.8 Å². The monoisotopic (exact) mass is 352 g/mol. The number of carbonyl (C=O) groups is 2. The molecule has 0 bridgehead atoms. The van der Waals surface area contributed by atoms with Gasteiger partial charge in [0.2, 0.25) is 5.91 Å². The summed E-state index contributed by atoms with van der Waals surface area (Å²) in [7, 11) is 0. The van der Waals surface area contributed by atoms with Gasteiger partial charge in [0.05, 0.1) is 29.0 Å². The second-order valence-electron chi connectivity index (χ2n) is 5.82. The zero-order valence-electron chi connectivity index (χ0n) is 14.7. The maximum atomic E-state index is 12.2. The normalized spacial score (nSPS) is 10.5. The number of amides is 2. The van der Waals surface area contributed by atoms with Crippen LogP contribution in [-0.4, -0.2) is 28.1 Å². The molecule has 2 N–H and O–H groups in total. The number of anilines is 1. The van der Waals surface area contributed by atoms with E-state index in [0.29, 0.717) is 5.69 Å². The number of aryl methyl sites for hydroxylation is 1.